The minimum atomic E-state index is -0.532. The van der Waals surface area contributed by atoms with Crippen LogP contribution in [0.2, 0.25) is 0 Å². The highest BCUT2D eigenvalue weighted by Crippen LogP contribution is 2.19. The van der Waals surface area contributed by atoms with Gasteiger partial charge in [-0.15, -0.1) is 12.4 Å². The quantitative estimate of drug-likeness (QED) is 0.875. The van der Waals surface area contributed by atoms with Gasteiger partial charge in [-0.2, -0.15) is 0 Å². The first-order valence-corrected chi connectivity index (χ1v) is 7.68. The van der Waals surface area contributed by atoms with Gasteiger partial charge >= 0.3 is 0 Å². The van der Waals surface area contributed by atoms with Gasteiger partial charge in [-0.3, -0.25) is 9.59 Å². The zero-order chi connectivity index (χ0) is 16.3. The molecule has 2 heterocycles. The molecule has 0 bridgehead atoms. The van der Waals surface area contributed by atoms with Crippen LogP contribution in [-0.4, -0.2) is 41.9 Å². The van der Waals surface area contributed by atoms with Gasteiger partial charge in [0.05, 0.1) is 12.3 Å². The van der Waals surface area contributed by atoms with Crippen molar-refractivity contribution in [2.24, 2.45) is 11.1 Å². The van der Waals surface area contributed by atoms with E-state index in [2.05, 4.69) is 5.32 Å². The molecule has 0 radical (unpaired) electrons. The number of carbonyl (C=O) groups is 2. The number of likely N-dealkylation sites (tertiary alicyclic amines) is 1. The average molecular weight is 344 g/mol. The Morgan fingerprint density at radius 1 is 1.35 bits per heavy atom. The van der Waals surface area contributed by atoms with E-state index in [1.165, 1.54) is 6.26 Å². The lowest BCUT2D eigenvalue weighted by Crippen LogP contribution is -2.54. The molecule has 7 heteroatoms. The maximum absolute atomic E-state index is 12.2. The van der Waals surface area contributed by atoms with Gasteiger partial charge in [0.1, 0.15) is 0 Å². The van der Waals surface area contributed by atoms with E-state index in [-0.39, 0.29) is 35.7 Å². The van der Waals surface area contributed by atoms with E-state index >= 15 is 0 Å². The average Bonchev–Trinajstić information content (AvgIpc) is 2.99. The summed E-state index contributed by atoms with van der Waals surface area (Å²) in [6.07, 6.45) is 2.96. The van der Waals surface area contributed by atoms with Crippen LogP contribution in [0.4, 0.5) is 0 Å². The molecule has 0 aromatic carbocycles. The minimum Gasteiger partial charge on any atom is -0.459 e. The molecule has 6 nitrogen and oxygen atoms in total. The van der Waals surface area contributed by atoms with E-state index in [1.54, 1.807) is 17.0 Å². The van der Waals surface area contributed by atoms with Crippen molar-refractivity contribution in [3.8, 4) is 0 Å². The van der Waals surface area contributed by atoms with Crippen LogP contribution in [0.3, 0.4) is 0 Å². The minimum absolute atomic E-state index is 0. The summed E-state index contributed by atoms with van der Waals surface area (Å²) in [7, 11) is 0. The lowest BCUT2D eigenvalue weighted by atomic mass is 9.86. The number of piperidine rings is 1. The maximum Gasteiger partial charge on any atom is 0.289 e. The Morgan fingerprint density at radius 3 is 2.43 bits per heavy atom. The number of hydrogen-bond acceptors (Lipinski definition) is 4. The van der Waals surface area contributed by atoms with Crippen LogP contribution in [0.25, 0.3) is 0 Å². The van der Waals surface area contributed by atoms with E-state index in [1.807, 2.05) is 20.8 Å². The van der Waals surface area contributed by atoms with Crippen LogP contribution in [0.5, 0.6) is 0 Å². The van der Waals surface area contributed by atoms with Crippen LogP contribution >= 0.6 is 12.4 Å². The summed E-state index contributed by atoms with van der Waals surface area (Å²) in [6, 6.07) is 2.91. The molecule has 2 rings (SSSR count). The highest BCUT2D eigenvalue weighted by atomic mass is 35.5. The van der Waals surface area contributed by atoms with Gasteiger partial charge in [0.15, 0.2) is 5.76 Å². The van der Waals surface area contributed by atoms with Crippen molar-refractivity contribution >= 4 is 24.2 Å². The number of hydrogen-bond donors (Lipinski definition) is 2. The number of nitrogens with zero attached hydrogens (tertiary/aromatic N) is 1. The standard InChI is InChI=1S/C16H25N3O3.ClH/c1-16(2,3)13(17)14(20)18-11-6-8-19(9-7-11)15(21)12-5-4-10-22-12;/h4-5,10-11,13H,6-9,17H2,1-3H3,(H,18,20);1H/t13-;/m1./s1. The summed E-state index contributed by atoms with van der Waals surface area (Å²) in [6.45, 7) is 7.05. The van der Waals surface area contributed by atoms with E-state index in [9.17, 15) is 9.59 Å². The van der Waals surface area contributed by atoms with Crippen LogP contribution in [0, 0.1) is 5.41 Å². The molecular formula is C16H26ClN3O3. The normalized spacial score (nSPS) is 17.3. The zero-order valence-electron chi connectivity index (χ0n) is 13.9. The summed E-state index contributed by atoms with van der Waals surface area (Å²) in [5, 5.41) is 2.99. The molecule has 1 atom stereocenters. The monoisotopic (exact) mass is 343 g/mol. The van der Waals surface area contributed by atoms with Gasteiger partial charge in [0.2, 0.25) is 5.91 Å². The van der Waals surface area contributed by atoms with Crippen molar-refractivity contribution in [2.45, 2.75) is 45.7 Å². The van der Waals surface area contributed by atoms with Crippen LogP contribution < -0.4 is 11.1 Å². The van der Waals surface area contributed by atoms with Gasteiger partial charge < -0.3 is 20.4 Å². The van der Waals surface area contributed by atoms with Crippen molar-refractivity contribution in [1.82, 2.24) is 10.2 Å². The van der Waals surface area contributed by atoms with Gasteiger partial charge in [-0.25, -0.2) is 0 Å². The molecule has 1 aliphatic heterocycles. The number of furan rings is 1. The second kappa shape index (κ2) is 7.84. The fourth-order valence-corrected chi connectivity index (χ4v) is 2.47. The van der Waals surface area contributed by atoms with Gasteiger partial charge in [0, 0.05) is 19.1 Å². The van der Waals surface area contributed by atoms with Crippen molar-refractivity contribution in [3.05, 3.63) is 24.2 Å². The molecule has 1 aromatic heterocycles. The fraction of sp³-hybridized carbons (Fsp3) is 0.625. The number of nitrogens with one attached hydrogen (secondary N) is 1. The van der Waals surface area contributed by atoms with Gasteiger partial charge in [-0.05, 0) is 30.4 Å². The zero-order valence-corrected chi connectivity index (χ0v) is 14.7. The topological polar surface area (TPSA) is 88.6 Å². The Balaban J connectivity index is 0.00000264. The molecule has 1 saturated heterocycles. The number of halogens is 1. The Morgan fingerprint density at radius 2 is 1.96 bits per heavy atom. The molecule has 130 valence electrons. The smallest absolute Gasteiger partial charge is 0.289 e. The van der Waals surface area contributed by atoms with Crippen LogP contribution in [0.1, 0.15) is 44.2 Å². The molecule has 3 N–H and O–H groups in total. The van der Waals surface area contributed by atoms with E-state index in [4.69, 9.17) is 10.2 Å². The second-order valence-electron chi connectivity index (χ2n) is 6.90. The molecule has 1 fully saturated rings. The van der Waals surface area contributed by atoms with E-state index < -0.39 is 6.04 Å². The molecule has 0 aliphatic carbocycles. The molecule has 0 spiro atoms. The molecule has 0 unspecified atom stereocenters. The van der Waals surface area contributed by atoms with Crippen molar-refractivity contribution in [3.63, 3.8) is 0 Å². The SMILES string of the molecule is CC(C)(C)[C@H](N)C(=O)NC1CCN(C(=O)c2ccco2)CC1.Cl. The Labute approximate surface area is 143 Å². The van der Waals surface area contributed by atoms with Crippen molar-refractivity contribution < 1.29 is 14.0 Å². The lowest BCUT2D eigenvalue weighted by Gasteiger charge is -2.34. The highest BCUT2D eigenvalue weighted by Gasteiger charge is 2.31. The largest absolute Gasteiger partial charge is 0.459 e. The fourth-order valence-electron chi connectivity index (χ4n) is 2.47. The molecule has 1 aliphatic rings. The predicted octanol–water partition coefficient (Wildman–Crippen LogP) is 1.80. The number of carbonyl (C=O) groups excluding carboxylic acids is 2. The molecule has 23 heavy (non-hydrogen) atoms. The molecular weight excluding hydrogens is 318 g/mol. The van der Waals surface area contributed by atoms with E-state index in [0.717, 1.165) is 12.8 Å². The van der Waals surface area contributed by atoms with Crippen molar-refractivity contribution in [2.75, 3.05) is 13.1 Å². The van der Waals surface area contributed by atoms with E-state index in [0.29, 0.717) is 18.8 Å². The summed E-state index contributed by atoms with van der Waals surface area (Å²) >= 11 is 0. The summed E-state index contributed by atoms with van der Waals surface area (Å²) in [5.74, 6) is 0.140. The van der Waals surface area contributed by atoms with Crippen LogP contribution in [0.15, 0.2) is 22.8 Å². The first kappa shape index (κ1) is 19.5. The second-order valence-corrected chi connectivity index (χ2v) is 6.90. The first-order valence-electron chi connectivity index (χ1n) is 7.68. The summed E-state index contributed by atoms with van der Waals surface area (Å²) in [4.78, 5) is 26.0. The third-order valence-electron chi connectivity index (χ3n) is 4.08. The number of nitrogens with two attached hydrogens (primary N) is 1. The Bertz CT molecular complexity index is 517. The lowest BCUT2D eigenvalue weighted by molar-refractivity contribution is -0.125. The van der Waals surface area contributed by atoms with Crippen molar-refractivity contribution in [1.29, 1.82) is 0 Å². The number of rotatable bonds is 3. The molecule has 2 amide bonds. The van der Waals surface area contributed by atoms with Gasteiger partial charge in [-0.1, -0.05) is 20.8 Å². The summed E-state index contributed by atoms with van der Waals surface area (Å²) < 4.78 is 5.13. The predicted molar refractivity (Wildman–Crippen MR) is 90.5 cm³/mol. The highest BCUT2D eigenvalue weighted by molar-refractivity contribution is 5.91. The summed E-state index contributed by atoms with van der Waals surface area (Å²) in [5.41, 5.74) is 5.70. The molecule has 0 saturated carbocycles. The maximum atomic E-state index is 12.2. The Kier molecular flexibility index (Phi) is 6.65. The third kappa shape index (κ3) is 4.97. The molecule has 1 aromatic rings. The number of amides is 2. The Hall–Kier alpha value is -1.53. The first-order chi connectivity index (χ1) is 10.3. The van der Waals surface area contributed by atoms with Crippen LogP contribution in [-0.2, 0) is 4.79 Å². The third-order valence-corrected chi connectivity index (χ3v) is 4.08. The van der Waals surface area contributed by atoms with Gasteiger partial charge in [0.25, 0.3) is 5.91 Å².